The van der Waals surface area contributed by atoms with E-state index in [2.05, 4.69) is 45.9 Å². The van der Waals surface area contributed by atoms with Crippen molar-refractivity contribution in [3.63, 3.8) is 0 Å². The van der Waals surface area contributed by atoms with Crippen molar-refractivity contribution in [1.82, 2.24) is 0 Å². The van der Waals surface area contributed by atoms with Crippen molar-refractivity contribution in [3.05, 3.63) is 23.8 Å². The molecular formula is C11H18. The molecule has 0 heteroatoms. The van der Waals surface area contributed by atoms with E-state index >= 15 is 0 Å². The standard InChI is InChI=1S/C11H18/c1-9-7-5-6-8-10(9)11(2,3)4/h5-6,8-9H,7H2,1-4H3. The van der Waals surface area contributed by atoms with Crippen LogP contribution in [0.4, 0.5) is 0 Å². The predicted octanol–water partition coefficient (Wildman–Crippen LogP) is 3.55. The highest BCUT2D eigenvalue weighted by Gasteiger charge is 2.22. The Balaban J connectivity index is 2.84. The van der Waals surface area contributed by atoms with Crippen LogP contribution in [-0.4, -0.2) is 0 Å². The van der Waals surface area contributed by atoms with Gasteiger partial charge < -0.3 is 0 Å². The first-order valence-corrected chi connectivity index (χ1v) is 4.39. The van der Waals surface area contributed by atoms with Gasteiger partial charge in [0.05, 0.1) is 0 Å². The second kappa shape index (κ2) is 2.84. The van der Waals surface area contributed by atoms with Crippen LogP contribution in [0.5, 0.6) is 0 Å². The van der Waals surface area contributed by atoms with Crippen molar-refractivity contribution >= 4 is 0 Å². The highest BCUT2D eigenvalue weighted by molar-refractivity contribution is 5.24. The van der Waals surface area contributed by atoms with E-state index in [-0.39, 0.29) is 0 Å². The van der Waals surface area contributed by atoms with Gasteiger partial charge in [-0.2, -0.15) is 0 Å². The molecule has 1 unspecified atom stereocenters. The molecule has 11 heavy (non-hydrogen) atoms. The molecule has 1 aliphatic rings. The fourth-order valence-corrected chi connectivity index (χ4v) is 1.73. The molecule has 0 nitrogen and oxygen atoms in total. The lowest BCUT2D eigenvalue weighted by atomic mass is 9.76. The Morgan fingerprint density at radius 3 is 2.36 bits per heavy atom. The summed E-state index contributed by atoms with van der Waals surface area (Å²) in [6.07, 6.45) is 7.91. The van der Waals surface area contributed by atoms with Gasteiger partial charge in [-0.15, -0.1) is 0 Å². The van der Waals surface area contributed by atoms with Gasteiger partial charge in [0.2, 0.25) is 0 Å². The number of allylic oxidation sites excluding steroid dienone is 4. The van der Waals surface area contributed by atoms with E-state index in [1.807, 2.05) is 0 Å². The molecule has 1 rings (SSSR count). The molecule has 0 aromatic heterocycles. The SMILES string of the molecule is CC1CC=CC=C1C(C)(C)C. The average molecular weight is 150 g/mol. The van der Waals surface area contributed by atoms with Crippen molar-refractivity contribution in [3.8, 4) is 0 Å². The van der Waals surface area contributed by atoms with Crippen LogP contribution in [0.15, 0.2) is 23.8 Å². The molecule has 0 aliphatic heterocycles. The van der Waals surface area contributed by atoms with E-state index in [4.69, 9.17) is 0 Å². The van der Waals surface area contributed by atoms with Crippen LogP contribution in [0.1, 0.15) is 34.1 Å². The summed E-state index contributed by atoms with van der Waals surface area (Å²) in [7, 11) is 0. The van der Waals surface area contributed by atoms with Gasteiger partial charge in [-0.05, 0) is 17.8 Å². The normalized spacial score (nSPS) is 25.1. The molecular weight excluding hydrogens is 132 g/mol. The van der Waals surface area contributed by atoms with Crippen LogP contribution in [-0.2, 0) is 0 Å². The Bertz CT molecular complexity index is 189. The molecule has 1 atom stereocenters. The summed E-state index contributed by atoms with van der Waals surface area (Å²) >= 11 is 0. The molecule has 0 aromatic rings. The van der Waals surface area contributed by atoms with Gasteiger partial charge in [-0.3, -0.25) is 0 Å². The molecule has 0 fully saturated rings. The third-order valence-electron chi connectivity index (χ3n) is 2.30. The molecule has 0 radical (unpaired) electrons. The summed E-state index contributed by atoms with van der Waals surface area (Å²) in [6, 6.07) is 0. The van der Waals surface area contributed by atoms with Crippen LogP contribution < -0.4 is 0 Å². The van der Waals surface area contributed by atoms with Crippen LogP contribution in [0.25, 0.3) is 0 Å². The number of rotatable bonds is 0. The Morgan fingerprint density at radius 1 is 1.36 bits per heavy atom. The zero-order valence-corrected chi connectivity index (χ0v) is 8.02. The maximum atomic E-state index is 2.31. The maximum absolute atomic E-state index is 2.31. The fraction of sp³-hybridized carbons (Fsp3) is 0.636. The lowest BCUT2D eigenvalue weighted by Crippen LogP contribution is -2.16. The molecule has 1 aliphatic carbocycles. The number of hydrogen-bond donors (Lipinski definition) is 0. The summed E-state index contributed by atoms with van der Waals surface area (Å²) in [5, 5.41) is 0. The van der Waals surface area contributed by atoms with E-state index in [9.17, 15) is 0 Å². The lowest BCUT2D eigenvalue weighted by Gasteiger charge is -2.29. The van der Waals surface area contributed by atoms with E-state index in [0.717, 1.165) is 5.92 Å². The van der Waals surface area contributed by atoms with Crippen LogP contribution in [0, 0.1) is 11.3 Å². The second-order valence-electron chi connectivity index (χ2n) is 4.44. The van der Waals surface area contributed by atoms with Gasteiger partial charge in [0.15, 0.2) is 0 Å². The van der Waals surface area contributed by atoms with E-state index in [1.165, 1.54) is 6.42 Å². The Kier molecular flexibility index (Phi) is 2.22. The highest BCUT2D eigenvalue weighted by Crippen LogP contribution is 2.34. The first-order valence-electron chi connectivity index (χ1n) is 4.39. The minimum absolute atomic E-state index is 0.351. The zero-order valence-electron chi connectivity index (χ0n) is 8.02. The minimum atomic E-state index is 0.351. The van der Waals surface area contributed by atoms with Crippen molar-refractivity contribution < 1.29 is 0 Å². The summed E-state index contributed by atoms with van der Waals surface area (Å²) in [6.45, 7) is 9.16. The van der Waals surface area contributed by atoms with E-state index in [0.29, 0.717) is 5.41 Å². The topological polar surface area (TPSA) is 0 Å². The summed E-state index contributed by atoms with van der Waals surface area (Å²) in [5.74, 6) is 0.736. The average Bonchev–Trinajstić information content (AvgIpc) is 1.86. The van der Waals surface area contributed by atoms with Crippen molar-refractivity contribution in [2.45, 2.75) is 34.1 Å². The van der Waals surface area contributed by atoms with Crippen molar-refractivity contribution in [2.24, 2.45) is 11.3 Å². The highest BCUT2D eigenvalue weighted by atomic mass is 14.3. The fourth-order valence-electron chi connectivity index (χ4n) is 1.73. The molecule has 0 bridgehead atoms. The Hall–Kier alpha value is -0.520. The van der Waals surface area contributed by atoms with Gasteiger partial charge in [0.25, 0.3) is 0 Å². The molecule has 0 amide bonds. The monoisotopic (exact) mass is 150 g/mol. The van der Waals surface area contributed by atoms with E-state index < -0.39 is 0 Å². The molecule has 62 valence electrons. The third kappa shape index (κ3) is 1.95. The summed E-state index contributed by atoms with van der Waals surface area (Å²) in [5.41, 5.74) is 1.93. The number of hydrogen-bond acceptors (Lipinski definition) is 0. The van der Waals surface area contributed by atoms with Gasteiger partial charge in [-0.25, -0.2) is 0 Å². The second-order valence-corrected chi connectivity index (χ2v) is 4.44. The smallest absolute Gasteiger partial charge is 0.0167 e. The molecule has 0 spiro atoms. The molecule has 0 saturated carbocycles. The summed E-state index contributed by atoms with van der Waals surface area (Å²) in [4.78, 5) is 0. The van der Waals surface area contributed by atoms with Crippen molar-refractivity contribution in [1.29, 1.82) is 0 Å². The Labute approximate surface area is 70.0 Å². The molecule has 0 N–H and O–H groups in total. The van der Waals surface area contributed by atoms with Crippen LogP contribution in [0.2, 0.25) is 0 Å². The molecule has 0 saturated heterocycles. The van der Waals surface area contributed by atoms with Crippen LogP contribution in [0.3, 0.4) is 0 Å². The molecule has 0 heterocycles. The quantitative estimate of drug-likeness (QED) is 0.495. The maximum Gasteiger partial charge on any atom is -0.0167 e. The van der Waals surface area contributed by atoms with E-state index in [1.54, 1.807) is 5.57 Å². The molecule has 0 aromatic carbocycles. The zero-order chi connectivity index (χ0) is 8.48. The van der Waals surface area contributed by atoms with Gasteiger partial charge in [0.1, 0.15) is 0 Å². The van der Waals surface area contributed by atoms with Gasteiger partial charge >= 0.3 is 0 Å². The van der Waals surface area contributed by atoms with Crippen LogP contribution >= 0.6 is 0 Å². The first kappa shape index (κ1) is 8.58. The first-order chi connectivity index (χ1) is 5.02. The van der Waals surface area contributed by atoms with Crippen molar-refractivity contribution in [2.75, 3.05) is 0 Å². The minimum Gasteiger partial charge on any atom is -0.0840 e. The van der Waals surface area contributed by atoms with Gasteiger partial charge in [0, 0.05) is 0 Å². The predicted molar refractivity (Wildman–Crippen MR) is 50.5 cm³/mol. The Morgan fingerprint density at radius 2 is 2.00 bits per heavy atom. The lowest BCUT2D eigenvalue weighted by molar-refractivity contribution is 0.433. The largest absolute Gasteiger partial charge is 0.0840 e. The summed E-state index contributed by atoms with van der Waals surface area (Å²) < 4.78 is 0. The third-order valence-corrected chi connectivity index (χ3v) is 2.30. The van der Waals surface area contributed by atoms with Gasteiger partial charge in [-0.1, -0.05) is 51.5 Å².